The summed E-state index contributed by atoms with van der Waals surface area (Å²) in [5, 5.41) is 14.0. The van der Waals surface area contributed by atoms with Gasteiger partial charge in [-0.05, 0) is 30.7 Å². The van der Waals surface area contributed by atoms with Crippen LogP contribution in [0.4, 0.5) is 4.79 Å². The van der Waals surface area contributed by atoms with Gasteiger partial charge in [0.1, 0.15) is 0 Å². The number of halogens is 1. The van der Waals surface area contributed by atoms with Crippen molar-refractivity contribution >= 4 is 28.0 Å². The normalized spacial score (nSPS) is 12.4. The minimum Gasteiger partial charge on any atom is -0.392 e. The number of urea groups is 1. The summed E-state index contributed by atoms with van der Waals surface area (Å²) in [6.07, 6.45) is 2.79. The minimum absolute atomic E-state index is 0.233. The topological polar surface area (TPSA) is 61.4 Å². The first-order valence-electron chi connectivity index (χ1n) is 5.22. The van der Waals surface area contributed by atoms with Gasteiger partial charge in [-0.2, -0.15) is 0 Å². The quantitative estimate of drug-likeness (QED) is 0.797. The summed E-state index contributed by atoms with van der Waals surface area (Å²) < 4.78 is 0.984. The molecular weight excluding hydrogens is 284 g/mol. The molecule has 0 fully saturated rings. The van der Waals surface area contributed by atoms with Crippen molar-refractivity contribution < 1.29 is 9.90 Å². The molecule has 0 saturated heterocycles. The van der Waals surface area contributed by atoms with Crippen molar-refractivity contribution in [3.8, 4) is 0 Å². The fraction of sp³-hybridized carbons (Fsp3) is 0.250. The SMILES string of the molecule is CC(O)CNC(=O)N/C=C/c1cccc(Br)c1. The Balaban J connectivity index is 2.37. The number of amides is 2. The van der Waals surface area contributed by atoms with E-state index in [1.165, 1.54) is 0 Å². The van der Waals surface area contributed by atoms with Crippen molar-refractivity contribution in [2.24, 2.45) is 0 Å². The summed E-state index contributed by atoms with van der Waals surface area (Å²) in [6.45, 7) is 1.84. The maximum absolute atomic E-state index is 11.2. The van der Waals surface area contributed by atoms with Crippen LogP contribution in [0.5, 0.6) is 0 Å². The van der Waals surface area contributed by atoms with Gasteiger partial charge in [-0.25, -0.2) is 4.79 Å². The van der Waals surface area contributed by atoms with E-state index in [1.54, 1.807) is 19.2 Å². The highest BCUT2D eigenvalue weighted by Gasteiger charge is 1.98. The average Bonchev–Trinajstić information content (AvgIpc) is 2.26. The second-order valence-corrected chi connectivity index (χ2v) is 4.51. The first-order chi connectivity index (χ1) is 8.08. The van der Waals surface area contributed by atoms with Crippen LogP contribution in [0.3, 0.4) is 0 Å². The third-order valence-corrected chi connectivity index (χ3v) is 2.39. The van der Waals surface area contributed by atoms with Gasteiger partial charge in [-0.1, -0.05) is 28.1 Å². The molecule has 0 saturated carbocycles. The number of benzene rings is 1. The van der Waals surface area contributed by atoms with Gasteiger partial charge in [0.15, 0.2) is 0 Å². The third-order valence-electron chi connectivity index (χ3n) is 1.90. The maximum Gasteiger partial charge on any atom is 0.318 e. The molecule has 1 atom stereocenters. The lowest BCUT2D eigenvalue weighted by atomic mass is 10.2. The van der Waals surface area contributed by atoms with Gasteiger partial charge in [0.2, 0.25) is 0 Å². The summed E-state index contributed by atoms with van der Waals surface area (Å²) in [6, 6.07) is 7.37. The number of hydrogen-bond acceptors (Lipinski definition) is 2. The highest BCUT2D eigenvalue weighted by Crippen LogP contribution is 2.12. The Hall–Kier alpha value is -1.33. The van der Waals surface area contributed by atoms with Crippen LogP contribution in [0.25, 0.3) is 6.08 Å². The van der Waals surface area contributed by atoms with Gasteiger partial charge < -0.3 is 15.7 Å². The summed E-state index contributed by atoms with van der Waals surface area (Å²) in [5.41, 5.74) is 0.982. The van der Waals surface area contributed by atoms with Crippen LogP contribution in [-0.4, -0.2) is 23.8 Å². The lowest BCUT2D eigenvalue weighted by Gasteiger charge is -2.05. The molecule has 0 aromatic heterocycles. The van der Waals surface area contributed by atoms with Crippen molar-refractivity contribution in [3.05, 3.63) is 40.5 Å². The second-order valence-electron chi connectivity index (χ2n) is 3.59. The molecule has 2 amide bonds. The molecule has 0 aliphatic heterocycles. The van der Waals surface area contributed by atoms with Crippen LogP contribution in [0.1, 0.15) is 12.5 Å². The molecular formula is C12H15BrN2O2. The number of nitrogens with one attached hydrogen (secondary N) is 2. The lowest BCUT2D eigenvalue weighted by molar-refractivity contribution is 0.188. The van der Waals surface area contributed by atoms with Crippen LogP contribution < -0.4 is 10.6 Å². The lowest BCUT2D eigenvalue weighted by Crippen LogP contribution is -2.36. The van der Waals surface area contributed by atoms with Crippen molar-refractivity contribution in [2.45, 2.75) is 13.0 Å². The van der Waals surface area contributed by atoms with Gasteiger partial charge in [-0.15, -0.1) is 0 Å². The number of aliphatic hydroxyl groups is 1. The smallest absolute Gasteiger partial charge is 0.318 e. The Morgan fingerprint density at radius 3 is 3.00 bits per heavy atom. The first-order valence-corrected chi connectivity index (χ1v) is 6.02. The van der Waals surface area contributed by atoms with E-state index in [4.69, 9.17) is 5.11 Å². The predicted molar refractivity (Wildman–Crippen MR) is 71.4 cm³/mol. The van der Waals surface area contributed by atoms with Gasteiger partial charge in [0.05, 0.1) is 6.10 Å². The number of hydrogen-bond donors (Lipinski definition) is 3. The van der Waals surface area contributed by atoms with E-state index in [2.05, 4.69) is 26.6 Å². The molecule has 5 heteroatoms. The summed E-state index contributed by atoms with van der Waals surface area (Å²) in [7, 11) is 0. The monoisotopic (exact) mass is 298 g/mol. The van der Waals surface area contributed by atoms with Crippen LogP contribution in [0, 0.1) is 0 Å². The van der Waals surface area contributed by atoms with E-state index in [1.807, 2.05) is 24.3 Å². The summed E-state index contributed by atoms with van der Waals surface area (Å²) in [5.74, 6) is 0. The maximum atomic E-state index is 11.2. The largest absolute Gasteiger partial charge is 0.392 e. The molecule has 1 aromatic carbocycles. The van der Waals surface area contributed by atoms with Crippen LogP contribution in [0.2, 0.25) is 0 Å². The molecule has 0 radical (unpaired) electrons. The highest BCUT2D eigenvalue weighted by molar-refractivity contribution is 9.10. The van der Waals surface area contributed by atoms with Gasteiger partial charge >= 0.3 is 6.03 Å². The fourth-order valence-electron chi connectivity index (χ4n) is 1.12. The molecule has 1 aromatic rings. The number of carbonyl (C=O) groups is 1. The summed E-state index contributed by atoms with van der Waals surface area (Å²) in [4.78, 5) is 11.2. The van der Waals surface area contributed by atoms with Gasteiger partial charge in [0.25, 0.3) is 0 Å². The summed E-state index contributed by atoms with van der Waals surface area (Å²) >= 11 is 3.36. The van der Waals surface area contributed by atoms with E-state index >= 15 is 0 Å². The van der Waals surface area contributed by atoms with E-state index in [9.17, 15) is 4.79 Å². The Bertz CT molecular complexity index is 405. The van der Waals surface area contributed by atoms with E-state index in [0.717, 1.165) is 10.0 Å². The van der Waals surface area contributed by atoms with Gasteiger partial charge in [-0.3, -0.25) is 0 Å². The molecule has 0 aliphatic rings. The standard InChI is InChI=1S/C12H15BrN2O2/c1-9(16)8-15-12(17)14-6-5-10-3-2-4-11(13)7-10/h2-7,9,16H,8H2,1H3,(H2,14,15,17)/b6-5+. The number of carbonyl (C=O) groups excluding carboxylic acids is 1. The Labute approximate surface area is 109 Å². The predicted octanol–water partition coefficient (Wildman–Crippen LogP) is 2.10. The average molecular weight is 299 g/mol. The molecule has 0 bridgehead atoms. The van der Waals surface area contributed by atoms with Gasteiger partial charge in [0, 0.05) is 17.2 Å². The Kier molecular flexibility index (Phi) is 5.72. The molecule has 4 nitrogen and oxygen atoms in total. The van der Waals surface area contributed by atoms with Crippen molar-refractivity contribution in [1.82, 2.24) is 10.6 Å². The Morgan fingerprint density at radius 2 is 2.35 bits per heavy atom. The third kappa shape index (κ3) is 6.09. The molecule has 17 heavy (non-hydrogen) atoms. The van der Waals surface area contributed by atoms with Crippen LogP contribution in [0.15, 0.2) is 34.9 Å². The van der Waals surface area contributed by atoms with E-state index in [-0.39, 0.29) is 12.6 Å². The number of aliphatic hydroxyl groups excluding tert-OH is 1. The molecule has 1 unspecified atom stereocenters. The van der Waals surface area contributed by atoms with Crippen molar-refractivity contribution in [3.63, 3.8) is 0 Å². The molecule has 0 heterocycles. The molecule has 92 valence electrons. The van der Waals surface area contributed by atoms with E-state index in [0.29, 0.717) is 0 Å². The molecule has 1 rings (SSSR count). The van der Waals surface area contributed by atoms with Crippen LogP contribution in [-0.2, 0) is 0 Å². The minimum atomic E-state index is -0.546. The first kappa shape index (κ1) is 13.7. The highest BCUT2D eigenvalue weighted by atomic mass is 79.9. The second kappa shape index (κ2) is 7.09. The molecule has 3 N–H and O–H groups in total. The zero-order valence-corrected chi connectivity index (χ0v) is 11.1. The molecule has 0 aliphatic carbocycles. The zero-order valence-electron chi connectivity index (χ0n) is 9.48. The Morgan fingerprint density at radius 1 is 1.59 bits per heavy atom. The van der Waals surface area contributed by atoms with E-state index < -0.39 is 6.10 Å². The molecule has 0 spiro atoms. The van der Waals surface area contributed by atoms with Crippen LogP contribution >= 0.6 is 15.9 Å². The van der Waals surface area contributed by atoms with Crippen molar-refractivity contribution in [2.75, 3.05) is 6.54 Å². The number of rotatable bonds is 4. The van der Waals surface area contributed by atoms with Crippen molar-refractivity contribution in [1.29, 1.82) is 0 Å². The fourth-order valence-corrected chi connectivity index (χ4v) is 1.53. The zero-order chi connectivity index (χ0) is 12.7.